The molecule has 0 spiro atoms. The number of benzene rings is 1. The van der Waals surface area contributed by atoms with Crippen molar-refractivity contribution < 1.29 is 4.79 Å². The minimum absolute atomic E-state index is 0.0264. The van der Waals surface area contributed by atoms with E-state index >= 15 is 0 Å². The number of carbonyl (C=O) groups is 1. The van der Waals surface area contributed by atoms with Crippen molar-refractivity contribution in [1.29, 1.82) is 0 Å². The molecule has 0 heterocycles. The van der Waals surface area contributed by atoms with E-state index in [1.165, 1.54) is 0 Å². The Morgan fingerprint density at radius 2 is 1.75 bits per heavy atom. The van der Waals surface area contributed by atoms with Crippen molar-refractivity contribution in [2.45, 2.75) is 38.1 Å². The van der Waals surface area contributed by atoms with Crippen LogP contribution in [0, 0.1) is 0 Å². The number of aliphatic imine (C=N–C) groups is 2. The van der Waals surface area contributed by atoms with E-state index in [1.807, 2.05) is 30.3 Å². The zero-order valence-electron chi connectivity index (χ0n) is 14.9. The average Bonchev–Trinajstić information content (AvgIpc) is 2.59. The van der Waals surface area contributed by atoms with Gasteiger partial charge in [-0.25, -0.2) is 9.98 Å². The highest BCUT2D eigenvalue weighted by Crippen LogP contribution is 2.08. The van der Waals surface area contributed by atoms with E-state index in [1.54, 1.807) is 0 Å². The Labute approximate surface area is 145 Å². The molecule has 132 valence electrons. The topological polar surface area (TPSA) is 71.1 Å². The molecular formula is C19H30N4O. The summed E-state index contributed by atoms with van der Waals surface area (Å²) >= 11 is 0. The number of hydrogen-bond acceptors (Lipinski definition) is 5. The first-order chi connectivity index (χ1) is 11.6. The third-order valence-electron chi connectivity index (χ3n) is 3.70. The number of Topliss-reactive ketones (excluding diaryl/α,β-unsaturated/α-hetero) is 1. The lowest BCUT2D eigenvalue weighted by molar-refractivity contribution is 0.0956. The van der Waals surface area contributed by atoms with Crippen molar-refractivity contribution in [2.75, 3.05) is 33.7 Å². The van der Waals surface area contributed by atoms with Crippen molar-refractivity contribution >= 4 is 11.8 Å². The summed E-state index contributed by atoms with van der Waals surface area (Å²) in [7, 11) is 4.11. The second kappa shape index (κ2) is 12.6. The molecule has 1 rings (SSSR count). The maximum atomic E-state index is 12.1. The van der Waals surface area contributed by atoms with E-state index in [0.29, 0.717) is 5.56 Å². The zero-order chi connectivity index (χ0) is 17.6. The van der Waals surface area contributed by atoms with Crippen LogP contribution < -0.4 is 5.73 Å². The number of rotatable bonds is 12. The van der Waals surface area contributed by atoms with Gasteiger partial charge in [0.25, 0.3) is 0 Å². The summed E-state index contributed by atoms with van der Waals surface area (Å²) < 4.78 is 0. The van der Waals surface area contributed by atoms with Gasteiger partial charge in [0.05, 0.1) is 18.6 Å². The van der Waals surface area contributed by atoms with Gasteiger partial charge in [-0.3, -0.25) is 4.79 Å². The fraction of sp³-hybridized carbons (Fsp3) is 0.579. The van der Waals surface area contributed by atoms with Gasteiger partial charge in [0, 0.05) is 12.1 Å². The minimum atomic E-state index is -0.408. The van der Waals surface area contributed by atoms with Crippen molar-refractivity contribution in [3.63, 3.8) is 0 Å². The van der Waals surface area contributed by atoms with Crippen LogP contribution in [0.4, 0.5) is 0 Å². The highest BCUT2D eigenvalue weighted by molar-refractivity contribution is 5.99. The second-order valence-electron chi connectivity index (χ2n) is 6.21. The van der Waals surface area contributed by atoms with Gasteiger partial charge in [-0.1, -0.05) is 43.2 Å². The number of unbranched alkanes of at least 4 members (excludes halogenated alkanes) is 2. The van der Waals surface area contributed by atoms with E-state index in [0.717, 1.165) is 51.7 Å². The van der Waals surface area contributed by atoms with Crippen LogP contribution in [0.1, 0.15) is 42.5 Å². The molecule has 5 nitrogen and oxygen atoms in total. The zero-order valence-corrected chi connectivity index (χ0v) is 14.9. The Kier molecular flexibility index (Phi) is 10.6. The van der Waals surface area contributed by atoms with Gasteiger partial charge in [0.2, 0.25) is 0 Å². The molecule has 0 aliphatic rings. The Balaban J connectivity index is 2.07. The largest absolute Gasteiger partial charge is 0.321 e. The molecule has 0 aliphatic heterocycles. The Morgan fingerprint density at radius 1 is 1.08 bits per heavy atom. The molecule has 5 heteroatoms. The number of nitrogens with zero attached hydrogens (tertiary/aromatic N) is 3. The smallest absolute Gasteiger partial charge is 0.179 e. The molecule has 1 unspecified atom stereocenters. The predicted octanol–water partition coefficient (Wildman–Crippen LogP) is 2.88. The first-order valence-corrected chi connectivity index (χ1v) is 8.69. The van der Waals surface area contributed by atoms with Crippen LogP contribution >= 0.6 is 0 Å². The lowest BCUT2D eigenvalue weighted by Crippen LogP contribution is -2.30. The van der Waals surface area contributed by atoms with Gasteiger partial charge in [0.15, 0.2) is 5.78 Å². The molecule has 0 amide bonds. The van der Waals surface area contributed by atoms with Crippen LogP contribution in [0.25, 0.3) is 0 Å². The quantitative estimate of drug-likeness (QED) is 0.364. The van der Waals surface area contributed by atoms with Crippen molar-refractivity contribution in [3.05, 3.63) is 35.9 Å². The molecule has 1 aromatic rings. The monoisotopic (exact) mass is 330 g/mol. The maximum absolute atomic E-state index is 12.1. The van der Waals surface area contributed by atoms with Gasteiger partial charge in [-0.15, -0.1) is 0 Å². The SMILES string of the molecule is CN(C)CCCN=C=NCCCCCC(N)C(=O)c1ccccc1. The Hall–Kier alpha value is -1.81. The van der Waals surface area contributed by atoms with E-state index < -0.39 is 6.04 Å². The van der Waals surface area contributed by atoms with Gasteiger partial charge < -0.3 is 10.6 Å². The normalized spacial score (nSPS) is 11.8. The van der Waals surface area contributed by atoms with Gasteiger partial charge in [-0.2, -0.15) is 0 Å². The fourth-order valence-electron chi connectivity index (χ4n) is 2.30. The first kappa shape index (κ1) is 20.2. The summed E-state index contributed by atoms with van der Waals surface area (Å²) in [5, 5.41) is 0. The minimum Gasteiger partial charge on any atom is -0.321 e. The number of ketones is 1. The van der Waals surface area contributed by atoms with Gasteiger partial charge >= 0.3 is 0 Å². The summed E-state index contributed by atoms with van der Waals surface area (Å²) in [6.07, 6.45) is 4.68. The van der Waals surface area contributed by atoms with Crippen LogP contribution in [0.2, 0.25) is 0 Å². The second-order valence-corrected chi connectivity index (χ2v) is 6.21. The molecule has 0 radical (unpaired) electrons. The molecule has 24 heavy (non-hydrogen) atoms. The predicted molar refractivity (Wildman–Crippen MR) is 100.0 cm³/mol. The lowest BCUT2D eigenvalue weighted by Gasteiger charge is -2.10. The van der Waals surface area contributed by atoms with Gasteiger partial charge in [-0.05, 0) is 39.9 Å². The van der Waals surface area contributed by atoms with E-state index in [9.17, 15) is 4.79 Å². The van der Waals surface area contributed by atoms with Crippen LogP contribution in [-0.2, 0) is 0 Å². The first-order valence-electron chi connectivity index (χ1n) is 8.69. The molecule has 0 aliphatic carbocycles. The molecule has 2 N–H and O–H groups in total. The summed E-state index contributed by atoms with van der Waals surface area (Å²) in [5.74, 6) is 0.0264. The summed E-state index contributed by atoms with van der Waals surface area (Å²) in [5.41, 5.74) is 6.67. The third kappa shape index (κ3) is 9.36. The van der Waals surface area contributed by atoms with Crippen molar-refractivity contribution in [1.82, 2.24) is 4.90 Å². The van der Waals surface area contributed by atoms with Gasteiger partial charge in [0.1, 0.15) is 0 Å². The summed E-state index contributed by atoms with van der Waals surface area (Å²) in [4.78, 5) is 22.5. The third-order valence-corrected chi connectivity index (χ3v) is 3.70. The van der Waals surface area contributed by atoms with Crippen molar-refractivity contribution in [3.8, 4) is 0 Å². The summed E-state index contributed by atoms with van der Waals surface area (Å²) in [6, 6.07) is 11.6. The highest BCUT2D eigenvalue weighted by Gasteiger charge is 2.14. The molecule has 0 aromatic heterocycles. The number of nitrogens with two attached hydrogens (primary N) is 1. The lowest BCUT2D eigenvalue weighted by atomic mass is 10.00. The molecular weight excluding hydrogens is 300 g/mol. The number of carbonyl (C=O) groups excluding carboxylic acids is 1. The number of hydrogen-bond donors (Lipinski definition) is 1. The van der Waals surface area contributed by atoms with Crippen molar-refractivity contribution in [2.24, 2.45) is 15.7 Å². The molecule has 0 fully saturated rings. The van der Waals surface area contributed by atoms with E-state index in [4.69, 9.17) is 5.73 Å². The van der Waals surface area contributed by atoms with Crippen LogP contribution in [0.5, 0.6) is 0 Å². The van der Waals surface area contributed by atoms with E-state index in [-0.39, 0.29) is 5.78 Å². The molecule has 1 atom stereocenters. The Morgan fingerprint density at radius 3 is 2.42 bits per heavy atom. The van der Waals surface area contributed by atoms with Crippen LogP contribution in [-0.4, -0.2) is 56.5 Å². The maximum Gasteiger partial charge on any atom is 0.179 e. The molecule has 0 saturated heterocycles. The van der Waals surface area contributed by atoms with Crippen LogP contribution in [0.15, 0.2) is 40.3 Å². The standard InChI is InChI=1S/C19H30N4O/c1-23(2)15-9-14-22-16-21-13-8-4-7-12-18(20)19(24)17-10-5-3-6-11-17/h3,5-6,10-11,18H,4,7-9,12-15,20H2,1-2H3. The summed E-state index contributed by atoms with van der Waals surface area (Å²) in [6.45, 7) is 2.55. The Bertz CT molecular complexity index is 521. The van der Waals surface area contributed by atoms with E-state index in [2.05, 4.69) is 35.0 Å². The molecule has 0 bridgehead atoms. The highest BCUT2D eigenvalue weighted by atomic mass is 16.1. The average molecular weight is 330 g/mol. The molecule has 1 aromatic carbocycles. The van der Waals surface area contributed by atoms with Crippen LogP contribution in [0.3, 0.4) is 0 Å². The fourth-order valence-corrected chi connectivity index (χ4v) is 2.30. The molecule has 0 saturated carbocycles.